The van der Waals surface area contributed by atoms with Crippen LogP contribution in [0.3, 0.4) is 0 Å². The fourth-order valence-electron chi connectivity index (χ4n) is 2.22. The highest BCUT2D eigenvalue weighted by Crippen LogP contribution is 2.10. The van der Waals surface area contributed by atoms with Crippen LogP contribution in [0, 0.1) is 6.92 Å². The summed E-state index contributed by atoms with van der Waals surface area (Å²) in [5, 5.41) is 12.2. The predicted molar refractivity (Wildman–Crippen MR) is 120 cm³/mol. The maximum Gasteiger partial charge on any atom is 0.239 e. The third kappa shape index (κ3) is 8.57. The second kappa shape index (κ2) is 12.5. The van der Waals surface area contributed by atoms with Crippen molar-refractivity contribution in [1.82, 2.24) is 20.9 Å². The molecule has 0 saturated heterocycles. The number of thiazole rings is 1. The quantitative estimate of drug-likeness (QED) is 0.292. The van der Waals surface area contributed by atoms with Crippen LogP contribution in [-0.2, 0) is 17.8 Å². The van der Waals surface area contributed by atoms with Gasteiger partial charge in [-0.3, -0.25) is 9.79 Å². The molecule has 0 bridgehead atoms. The standard InChI is InChI=1S/C18H25N5O2S.HI/c1-13-23-15(12-26-13)8-9-20-18(19-2)22-11-17(24)21-10-14-4-6-16(25-3)7-5-14;/h4-7,12H,8-11H2,1-3H3,(H,21,24)(H2,19,20,22);1H. The van der Waals surface area contributed by atoms with Crippen LogP contribution < -0.4 is 20.7 Å². The first-order valence-corrected chi connectivity index (χ1v) is 9.24. The zero-order chi connectivity index (χ0) is 18.8. The molecule has 1 aromatic carbocycles. The Balaban J connectivity index is 0.00000364. The van der Waals surface area contributed by atoms with E-state index < -0.39 is 0 Å². The molecule has 0 aliphatic carbocycles. The third-order valence-electron chi connectivity index (χ3n) is 3.63. The van der Waals surface area contributed by atoms with Crippen molar-refractivity contribution in [1.29, 1.82) is 0 Å². The number of guanidine groups is 1. The zero-order valence-corrected chi connectivity index (χ0v) is 18.9. The monoisotopic (exact) mass is 503 g/mol. The molecule has 1 heterocycles. The Morgan fingerprint density at radius 2 is 1.96 bits per heavy atom. The lowest BCUT2D eigenvalue weighted by atomic mass is 10.2. The Hall–Kier alpha value is -1.88. The van der Waals surface area contributed by atoms with Gasteiger partial charge in [0, 0.05) is 31.9 Å². The number of ether oxygens (including phenoxy) is 1. The van der Waals surface area contributed by atoms with Crippen molar-refractivity contribution in [3.8, 4) is 5.75 Å². The number of carbonyl (C=O) groups is 1. The van der Waals surface area contributed by atoms with Crippen LogP contribution in [0.2, 0.25) is 0 Å². The highest BCUT2D eigenvalue weighted by Gasteiger charge is 2.04. The van der Waals surface area contributed by atoms with Crippen LogP contribution in [0.4, 0.5) is 0 Å². The van der Waals surface area contributed by atoms with Gasteiger partial charge in [-0.2, -0.15) is 0 Å². The van der Waals surface area contributed by atoms with Crippen LogP contribution in [0.1, 0.15) is 16.3 Å². The maximum atomic E-state index is 12.0. The molecule has 3 N–H and O–H groups in total. The minimum atomic E-state index is -0.0982. The lowest BCUT2D eigenvalue weighted by Crippen LogP contribution is -2.43. The molecule has 0 aliphatic rings. The molecule has 27 heavy (non-hydrogen) atoms. The normalized spacial score (nSPS) is 10.7. The van der Waals surface area contributed by atoms with E-state index in [-0.39, 0.29) is 36.4 Å². The van der Waals surface area contributed by atoms with E-state index in [1.165, 1.54) is 0 Å². The van der Waals surface area contributed by atoms with Crippen molar-refractivity contribution >= 4 is 47.2 Å². The number of aromatic nitrogens is 1. The van der Waals surface area contributed by atoms with Gasteiger partial charge in [0.2, 0.25) is 5.91 Å². The number of benzene rings is 1. The summed E-state index contributed by atoms with van der Waals surface area (Å²) >= 11 is 1.64. The summed E-state index contributed by atoms with van der Waals surface area (Å²) in [6, 6.07) is 7.59. The van der Waals surface area contributed by atoms with Crippen molar-refractivity contribution < 1.29 is 9.53 Å². The number of carbonyl (C=O) groups excluding carboxylic acids is 1. The molecular formula is C18H26IN5O2S. The average Bonchev–Trinajstić information content (AvgIpc) is 3.08. The average molecular weight is 503 g/mol. The van der Waals surface area contributed by atoms with Crippen LogP contribution >= 0.6 is 35.3 Å². The maximum absolute atomic E-state index is 12.0. The zero-order valence-electron chi connectivity index (χ0n) is 15.7. The van der Waals surface area contributed by atoms with Crippen LogP contribution in [-0.4, -0.2) is 44.1 Å². The van der Waals surface area contributed by atoms with Gasteiger partial charge in [0.05, 0.1) is 24.4 Å². The van der Waals surface area contributed by atoms with Crippen molar-refractivity contribution in [3.05, 3.63) is 45.9 Å². The fraction of sp³-hybridized carbons (Fsp3) is 0.389. The first kappa shape index (κ1) is 23.2. The molecule has 1 aromatic heterocycles. The molecule has 7 nitrogen and oxygen atoms in total. The van der Waals surface area contributed by atoms with Gasteiger partial charge in [-0.15, -0.1) is 35.3 Å². The molecule has 9 heteroatoms. The summed E-state index contributed by atoms with van der Waals surface area (Å²) in [7, 11) is 3.30. The number of aliphatic imine (C=N–C) groups is 1. The highest BCUT2D eigenvalue weighted by atomic mass is 127. The van der Waals surface area contributed by atoms with Crippen LogP contribution in [0.15, 0.2) is 34.6 Å². The minimum absolute atomic E-state index is 0. The lowest BCUT2D eigenvalue weighted by molar-refractivity contribution is -0.120. The van der Waals surface area contributed by atoms with Crippen molar-refractivity contribution in [2.45, 2.75) is 19.9 Å². The molecule has 1 amide bonds. The van der Waals surface area contributed by atoms with Crippen LogP contribution in [0.5, 0.6) is 5.75 Å². The Morgan fingerprint density at radius 1 is 1.22 bits per heavy atom. The van der Waals surface area contributed by atoms with Gasteiger partial charge in [-0.25, -0.2) is 4.98 Å². The van der Waals surface area contributed by atoms with Crippen molar-refractivity contribution in [2.24, 2.45) is 4.99 Å². The van der Waals surface area contributed by atoms with E-state index in [9.17, 15) is 4.79 Å². The van der Waals surface area contributed by atoms with Gasteiger partial charge in [0.25, 0.3) is 0 Å². The second-order valence-corrected chi connectivity index (χ2v) is 6.65. The molecule has 2 rings (SSSR count). The number of rotatable bonds is 8. The van der Waals surface area contributed by atoms with E-state index in [0.717, 1.165) is 28.4 Å². The SMILES string of the molecule is CN=C(NCCc1csc(C)n1)NCC(=O)NCc1ccc(OC)cc1.I. The summed E-state index contributed by atoms with van der Waals surface area (Å²) < 4.78 is 5.11. The second-order valence-electron chi connectivity index (χ2n) is 5.59. The summed E-state index contributed by atoms with van der Waals surface area (Å²) in [5.74, 6) is 1.29. The number of nitrogens with zero attached hydrogens (tertiary/aromatic N) is 2. The van der Waals surface area contributed by atoms with Gasteiger partial charge >= 0.3 is 0 Å². The molecule has 0 atom stereocenters. The van der Waals surface area contributed by atoms with E-state index in [2.05, 4.69) is 31.3 Å². The number of hydrogen-bond donors (Lipinski definition) is 3. The molecular weight excluding hydrogens is 477 g/mol. The fourth-order valence-corrected chi connectivity index (χ4v) is 2.87. The number of halogens is 1. The van der Waals surface area contributed by atoms with Crippen LogP contribution in [0.25, 0.3) is 0 Å². The predicted octanol–water partition coefficient (Wildman–Crippen LogP) is 2.10. The molecule has 0 unspecified atom stereocenters. The van der Waals surface area contributed by atoms with E-state index in [4.69, 9.17) is 4.74 Å². The van der Waals surface area contributed by atoms with Gasteiger partial charge in [-0.05, 0) is 24.6 Å². The molecule has 0 saturated carbocycles. The molecule has 0 fully saturated rings. The topological polar surface area (TPSA) is 87.6 Å². The van der Waals surface area contributed by atoms with E-state index >= 15 is 0 Å². The minimum Gasteiger partial charge on any atom is -0.497 e. The summed E-state index contributed by atoms with van der Waals surface area (Å²) in [6.07, 6.45) is 0.814. The van der Waals surface area contributed by atoms with Crippen molar-refractivity contribution in [3.63, 3.8) is 0 Å². The van der Waals surface area contributed by atoms with Gasteiger partial charge in [-0.1, -0.05) is 12.1 Å². The lowest BCUT2D eigenvalue weighted by Gasteiger charge is -2.11. The van der Waals surface area contributed by atoms with E-state index in [1.54, 1.807) is 25.5 Å². The number of aryl methyl sites for hydroxylation is 1. The molecule has 148 valence electrons. The molecule has 0 spiro atoms. The summed E-state index contributed by atoms with van der Waals surface area (Å²) in [4.78, 5) is 20.5. The number of methoxy groups -OCH3 is 1. The summed E-state index contributed by atoms with van der Waals surface area (Å²) in [5.41, 5.74) is 2.08. The first-order chi connectivity index (χ1) is 12.6. The number of hydrogen-bond acceptors (Lipinski definition) is 5. The first-order valence-electron chi connectivity index (χ1n) is 8.36. The highest BCUT2D eigenvalue weighted by molar-refractivity contribution is 14.0. The molecule has 2 aromatic rings. The largest absolute Gasteiger partial charge is 0.497 e. The van der Waals surface area contributed by atoms with Gasteiger partial charge < -0.3 is 20.7 Å². The van der Waals surface area contributed by atoms with Crippen molar-refractivity contribution in [2.75, 3.05) is 27.2 Å². The Bertz CT molecular complexity index is 734. The van der Waals surface area contributed by atoms with E-state index in [1.807, 2.05) is 31.2 Å². The van der Waals surface area contributed by atoms with Gasteiger partial charge in [0.1, 0.15) is 5.75 Å². The Morgan fingerprint density at radius 3 is 2.56 bits per heavy atom. The number of nitrogens with one attached hydrogen (secondary N) is 3. The molecule has 0 radical (unpaired) electrons. The Labute approximate surface area is 181 Å². The Kier molecular flexibility index (Phi) is 10.7. The van der Waals surface area contributed by atoms with E-state index in [0.29, 0.717) is 19.0 Å². The van der Waals surface area contributed by atoms with Gasteiger partial charge in [0.15, 0.2) is 5.96 Å². The number of amides is 1. The summed E-state index contributed by atoms with van der Waals surface area (Å²) in [6.45, 7) is 3.33. The smallest absolute Gasteiger partial charge is 0.239 e. The molecule has 0 aliphatic heterocycles. The third-order valence-corrected chi connectivity index (χ3v) is 4.45.